The molecule has 0 unspecified atom stereocenters. The molecule has 0 aliphatic rings. The smallest absolute Gasteiger partial charge is 0.870 e. The number of nitrogens with zero attached hydrogens (tertiary/aromatic N) is 4. The van der Waals surface area contributed by atoms with Crippen LogP contribution < -0.4 is 74.9 Å². The molecular weight excluding hydrogens is 590 g/mol. The zero-order valence-corrected chi connectivity index (χ0v) is 25.7. The van der Waals surface area contributed by atoms with E-state index in [9.17, 15) is 35.8 Å². The van der Waals surface area contributed by atoms with Crippen LogP contribution in [0.3, 0.4) is 0 Å². The number of azo groups is 1. The molecule has 19 heteroatoms. The van der Waals surface area contributed by atoms with E-state index in [0.717, 1.165) is 22.9 Å². The van der Waals surface area contributed by atoms with Gasteiger partial charge in [0.15, 0.2) is 0 Å². The molecule has 0 atom stereocenters. The predicted molar refractivity (Wildman–Crippen MR) is 103 cm³/mol. The molecule has 35 heavy (non-hydrogen) atoms. The normalized spacial score (nSPS) is 11.1. The van der Waals surface area contributed by atoms with E-state index in [-0.39, 0.29) is 104 Å². The van der Waals surface area contributed by atoms with Crippen molar-refractivity contribution in [2.24, 2.45) is 10.2 Å². The van der Waals surface area contributed by atoms with Crippen molar-refractivity contribution in [2.75, 3.05) is 0 Å². The van der Waals surface area contributed by atoms with Crippen LogP contribution in [0.1, 0.15) is 5.69 Å². The second-order valence-corrected chi connectivity index (χ2v) is 9.17. The van der Waals surface area contributed by atoms with Gasteiger partial charge in [-0.2, -0.15) is 5.11 Å². The first-order valence-electron chi connectivity index (χ1n) is 8.00. The van der Waals surface area contributed by atoms with Gasteiger partial charge in [-0.05, 0) is 30.3 Å². The fraction of sp³-hybridized carbons (Fsp3) is 0.0625. The molecule has 0 spiro atoms. The molecule has 3 rings (SSSR count). The first-order chi connectivity index (χ1) is 14.3. The van der Waals surface area contributed by atoms with Gasteiger partial charge in [-0.3, -0.25) is 4.79 Å². The fourth-order valence-electron chi connectivity index (χ4n) is 2.48. The molecule has 0 saturated heterocycles. The van der Waals surface area contributed by atoms with Gasteiger partial charge < -0.3 is 29.5 Å². The van der Waals surface area contributed by atoms with Crippen molar-refractivity contribution in [2.45, 2.75) is 16.7 Å². The SMILES string of the molecule is Cc1[n-]n(-c2cccc(S(=O)(=O)[O-])c2)c(=O)c1N=Nc1cc(Cl)cc(S(=O)(=O)[O-])c1[O-].[Cr+3].[Na+].[Na+].[OH-]. The Morgan fingerprint density at radius 1 is 1.00 bits per heavy atom. The van der Waals surface area contributed by atoms with E-state index in [1.165, 1.54) is 19.1 Å². The standard InChI is InChI=1S/C16H13ClN4O8S2.Cr.2Na.H2O/c1-8-14(19-18-12-5-9(17)6-13(15(12)22)31(27,28)29)16(23)21(20-8)10-3-2-4-11(7-10)30(24,25)26;;;;/h2-7H,1H3,(H4,18,19,20,22,23,24,25,26,27,28,29);;;;1H2/q;+3;2*+1;/p-5. The Hall–Kier alpha value is -0.548. The molecule has 13 nitrogen and oxygen atoms in total. The molecule has 0 amide bonds. The molecule has 0 fully saturated rings. The van der Waals surface area contributed by atoms with Crippen LogP contribution in [-0.2, 0) is 37.6 Å². The molecule has 0 aliphatic carbocycles. The number of hydrogen-bond donors (Lipinski definition) is 0. The summed E-state index contributed by atoms with van der Waals surface area (Å²) in [6.45, 7) is 1.37. The molecule has 1 heterocycles. The summed E-state index contributed by atoms with van der Waals surface area (Å²) in [5.74, 6) is -1.26. The minimum Gasteiger partial charge on any atom is -0.870 e. The van der Waals surface area contributed by atoms with Crippen molar-refractivity contribution >= 4 is 43.2 Å². The van der Waals surface area contributed by atoms with Crippen LogP contribution in [0.4, 0.5) is 11.4 Å². The maximum Gasteiger partial charge on any atom is 3.00 e. The Bertz CT molecular complexity index is 1510. The van der Waals surface area contributed by atoms with Crippen LogP contribution in [0.5, 0.6) is 5.75 Å². The summed E-state index contributed by atoms with van der Waals surface area (Å²) in [6.07, 6.45) is 0. The molecule has 1 N–H and O–H groups in total. The van der Waals surface area contributed by atoms with Crippen LogP contribution >= 0.6 is 11.6 Å². The van der Waals surface area contributed by atoms with Crippen LogP contribution in [0.15, 0.2) is 61.2 Å². The Morgan fingerprint density at radius 3 is 2.14 bits per heavy atom. The Kier molecular flexibility index (Phi) is 14.5. The van der Waals surface area contributed by atoms with E-state index in [4.69, 9.17) is 11.6 Å². The molecule has 175 valence electrons. The van der Waals surface area contributed by atoms with E-state index in [1.54, 1.807) is 0 Å². The minimum atomic E-state index is -5.13. The summed E-state index contributed by atoms with van der Waals surface area (Å²) < 4.78 is 67.9. The molecule has 3 aromatic rings. The maximum atomic E-state index is 12.6. The van der Waals surface area contributed by atoms with Crippen molar-refractivity contribution < 1.29 is 113 Å². The molecule has 0 aliphatic heterocycles. The van der Waals surface area contributed by atoms with Gasteiger partial charge in [0.1, 0.15) is 25.9 Å². The predicted octanol–water partition coefficient (Wildman–Crippen LogP) is -5.12. The van der Waals surface area contributed by atoms with Crippen molar-refractivity contribution in [3.8, 4) is 11.4 Å². The molecule has 2 aromatic carbocycles. The van der Waals surface area contributed by atoms with Crippen molar-refractivity contribution in [3.63, 3.8) is 0 Å². The number of aromatic nitrogens is 2. The third-order valence-corrected chi connectivity index (χ3v) is 5.76. The topological polar surface area (TPSA) is 228 Å². The Balaban J connectivity index is 0. The van der Waals surface area contributed by atoms with Crippen LogP contribution in [0.2, 0.25) is 5.02 Å². The Labute approximate surface area is 259 Å². The zero-order valence-electron chi connectivity index (χ0n) is 18.1. The number of rotatable bonds is 5. The molecular formula is C16H10ClCrN4Na2O9S2. The maximum absolute atomic E-state index is 12.6. The van der Waals surface area contributed by atoms with Gasteiger partial charge in [0.05, 0.1) is 15.5 Å². The summed E-state index contributed by atoms with van der Waals surface area (Å²) in [4.78, 5) is 10.9. The summed E-state index contributed by atoms with van der Waals surface area (Å²) in [6, 6.07) is 6.17. The van der Waals surface area contributed by atoms with Gasteiger partial charge in [0.25, 0.3) is 5.56 Å². The average molecular weight is 600 g/mol. The van der Waals surface area contributed by atoms with Gasteiger partial charge in [-0.15, -0.1) is 10.8 Å². The summed E-state index contributed by atoms with van der Waals surface area (Å²) >= 11 is 5.71. The van der Waals surface area contributed by atoms with Gasteiger partial charge >= 0.3 is 76.5 Å². The van der Waals surface area contributed by atoms with Crippen LogP contribution in [-0.4, -0.2) is 36.1 Å². The average Bonchev–Trinajstić information content (AvgIpc) is 2.94. The summed E-state index contributed by atoms with van der Waals surface area (Å²) in [7, 11) is -9.91. The van der Waals surface area contributed by atoms with E-state index >= 15 is 0 Å². The van der Waals surface area contributed by atoms with Gasteiger partial charge in [-0.25, -0.2) is 16.8 Å². The van der Waals surface area contributed by atoms with Crippen LogP contribution in [0, 0.1) is 6.92 Å². The van der Waals surface area contributed by atoms with Crippen molar-refractivity contribution in [1.29, 1.82) is 0 Å². The van der Waals surface area contributed by atoms with Crippen molar-refractivity contribution in [3.05, 3.63) is 57.5 Å². The summed E-state index contributed by atoms with van der Waals surface area (Å²) in [5, 5.41) is 22.9. The molecule has 1 radical (unpaired) electrons. The zero-order chi connectivity index (χ0) is 23.1. The number of halogens is 1. The van der Waals surface area contributed by atoms with Gasteiger partial charge in [0.2, 0.25) is 0 Å². The first-order valence-corrected chi connectivity index (χ1v) is 11.2. The number of benzene rings is 2. The third kappa shape index (κ3) is 8.48. The van der Waals surface area contributed by atoms with E-state index in [2.05, 4.69) is 15.3 Å². The van der Waals surface area contributed by atoms with Gasteiger partial charge in [-0.1, -0.05) is 30.3 Å². The second kappa shape index (κ2) is 13.8. The first kappa shape index (κ1) is 36.6. The molecule has 0 saturated carbocycles. The monoisotopic (exact) mass is 599 g/mol. The van der Waals surface area contributed by atoms with E-state index < -0.39 is 47.0 Å². The molecule has 1 aromatic heterocycles. The van der Waals surface area contributed by atoms with E-state index in [0.29, 0.717) is 6.07 Å². The summed E-state index contributed by atoms with van der Waals surface area (Å²) in [5.41, 5.74) is -1.85. The fourth-order valence-corrected chi connectivity index (χ4v) is 3.87. The Morgan fingerprint density at radius 2 is 1.60 bits per heavy atom. The quantitative estimate of drug-likeness (QED) is 0.154. The number of hydrogen-bond acceptors (Lipinski definition) is 11. The van der Waals surface area contributed by atoms with Crippen molar-refractivity contribution in [1.82, 2.24) is 9.78 Å². The van der Waals surface area contributed by atoms with Gasteiger partial charge in [0, 0.05) is 10.7 Å². The number of aryl methyl sites for hydroxylation is 1. The third-order valence-electron chi connectivity index (χ3n) is 3.87. The second-order valence-electron chi connectivity index (χ2n) is 6.01. The van der Waals surface area contributed by atoms with Crippen LogP contribution in [0.25, 0.3) is 5.69 Å². The largest absolute Gasteiger partial charge is 3.00 e. The van der Waals surface area contributed by atoms with E-state index in [1.807, 2.05) is 0 Å². The molecule has 0 bridgehead atoms. The minimum absolute atomic E-state index is 0.